The van der Waals surface area contributed by atoms with Crippen LogP contribution < -0.4 is 5.56 Å². The summed E-state index contributed by atoms with van der Waals surface area (Å²) in [6.07, 6.45) is 0.700. The third kappa shape index (κ3) is 5.89. The maximum Gasteiger partial charge on any atom is 0.262 e. The number of nitrogens with one attached hydrogen (secondary N) is 1. The molecule has 0 atom stereocenters. The van der Waals surface area contributed by atoms with E-state index < -0.39 is 0 Å². The van der Waals surface area contributed by atoms with Crippen LogP contribution in [0.3, 0.4) is 0 Å². The number of aromatic amines is 1. The molecule has 1 saturated heterocycles. The molecule has 0 spiro atoms. The lowest BCUT2D eigenvalue weighted by Crippen LogP contribution is -2.48. The van der Waals surface area contributed by atoms with Gasteiger partial charge in [-0.15, -0.1) is 0 Å². The number of carbonyl (C=O) groups is 1. The van der Waals surface area contributed by atoms with E-state index in [1.165, 1.54) is 11.1 Å². The summed E-state index contributed by atoms with van der Waals surface area (Å²) in [6, 6.07) is 14.0. The van der Waals surface area contributed by atoms with Crippen molar-refractivity contribution in [3.63, 3.8) is 0 Å². The fraction of sp³-hybridized carbons (Fsp3) is 0.444. The van der Waals surface area contributed by atoms with Gasteiger partial charge in [0.1, 0.15) is 0 Å². The fourth-order valence-corrected chi connectivity index (χ4v) is 4.80. The summed E-state index contributed by atoms with van der Waals surface area (Å²) < 4.78 is 6.98. The number of aromatic nitrogens is 2. The summed E-state index contributed by atoms with van der Waals surface area (Å²) in [5, 5.41) is 0.529. The molecule has 4 rings (SSSR count). The number of H-pyrrole nitrogens is 1. The Morgan fingerprint density at radius 1 is 1.09 bits per heavy atom. The lowest BCUT2D eigenvalue weighted by Gasteiger charge is -2.35. The second-order valence-corrected chi connectivity index (χ2v) is 9.84. The fourth-order valence-electron chi connectivity index (χ4n) is 4.52. The zero-order valence-corrected chi connectivity index (χ0v) is 21.6. The van der Waals surface area contributed by atoms with Crippen LogP contribution in [0.25, 0.3) is 10.9 Å². The molecule has 3 aromatic rings. The standard InChI is InChI=1S/C27H34N4O3S/c1-19(2)21-7-5-20(6-8-21)18-29-12-14-30(15-13-29)25(32)22-9-10-23-24(17-22)28-27(35)31(26(23)33)11-4-16-34-3/h5-10,17,19H,4,11-16,18H2,1-3H3,(H,28,35). The summed E-state index contributed by atoms with van der Waals surface area (Å²) >= 11 is 5.40. The highest BCUT2D eigenvalue weighted by atomic mass is 32.1. The van der Waals surface area contributed by atoms with Gasteiger partial charge in [0.05, 0.1) is 10.9 Å². The number of methoxy groups -OCH3 is 1. The highest BCUT2D eigenvalue weighted by molar-refractivity contribution is 7.71. The van der Waals surface area contributed by atoms with Gasteiger partial charge >= 0.3 is 0 Å². The molecule has 0 unspecified atom stereocenters. The number of carbonyl (C=O) groups excluding carboxylic acids is 1. The Bertz CT molecular complexity index is 1290. The Morgan fingerprint density at radius 2 is 1.80 bits per heavy atom. The number of rotatable bonds is 8. The summed E-state index contributed by atoms with van der Waals surface area (Å²) in [5.41, 5.74) is 3.67. The Labute approximate surface area is 211 Å². The minimum atomic E-state index is -0.145. The minimum absolute atomic E-state index is 0.0172. The van der Waals surface area contributed by atoms with Crippen molar-refractivity contribution < 1.29 is 9.53 Å². The van der Waals surface area contributed by atoms with E-state index in [4.69, 9.17) is 17.0 Å². The number of fused-ring (bicyclic) bond motifs is 1. The maximum atomic E-state index is 13.2. The molecule has 1 aliphatic heterocycles. The van der Waals surface area contributed by atoms with Crippen LogP contribution in [0.15, 0.2) is 47.3 Å². The molecule has 1 aliphatic rings. The van der Waals surface area contributed by atoms with E-state index in [2.05, 4.69) is 48.0 Å². The second-order valence-electron chi connectivity index (χ2n) is 9.46. The smallest absolute Gasteiger partial charge is 0.262 e. The van der Waals surface area contributed by atoms with Gasteiger partial charge in [0.2, 0.25) is 0 Å². The topological polar surface area (TPSA) is 70.6 Å². The van der Waals surface area contributed by atoms with Crippen molar-refractivity contribution in [2.24, 2.45) is 0 Å². The van der Waals surface area contributed by atoms with Gasteiger partial charge < -0.3 is 14.6 Å². The molecule has 186 valence electrons. The van der Waals surface area contributed by atoms with E-state index in [1.54, 1.807) is 29.9 Å². The van der Waals surface area contributed by atoms with Gasteiger partial charge in [-0.2, -0.15) is 0 Å². The van der Waals surface area contributed by atoms with Gasteiger partial charge in [-0.1, -0.05) is 38.1 Å². The van der Waals surface area contributed by atoms with Gasteiger partial charge in [0.15, 0.2) is 4.77 Å². The Morgan fingerprint density at radius 3 is 2.46 bits per heavy atom. The minimum Gasteiger partial charge on any atom is -0.385 e. The first-order valence-electron chi connectivity index (χ1n) is 12.2. The van der Waals surface area contributed by atoms with Crippen LogP contribution in [0.1, 0.15) is 47.7 Å². The molecule has 1 aromatic heterocycles. The average Bonchev–Trinajstić information content (AvgIpc) is 2.86. The normalized spacial score (nSPS) is 14.7. The number of amides is 1. The largest absolute Gasteiger partial charge is 0.385 e. The predicted molar refractivity (Wildman–Crippen MR) is 142 cm³/mol. The summed E-state index contributed by atoms with van der Waals surface area (Å²) in [6.45, 7) is 9.37. The van der Waals surface area contributed by atoms with Crippen molar-refractivity contribution in [2.45, 2.75) is 39.3 Å². The molecule has 7 nitrogen and oxygen atoms in total. The van der Waals surface area contributed by atoms with Gasteiger partial charge in [-0.3, -0.25) is 19.1 Å². The summed E-state index contributed by atoms with van der Waals surface area (Å²) in [7, 11) is 1.63. The molecule has 0 aliphatic carbocycles. The summed E-state index contributed by atoms with van der Waals surface area (Å²) in [4.78, 5) is 33.5. The Hall–Kier alpha value is -2.81. The first-order valence-corrected chi connectivity index (χ1v) is 12.6. The predicted octanol–water partition coefficient (Wildman–Crippen LogP) is 4.18. The third-order valence-corrected chi connectivity index (χ3v) is 6.99. The number of ether oxygens (including phenoxy) is 1. The highest BCUT2D eigenvalue weighted by Gasteiger charge is 2.23. The molecular weight excluding hydrogens is 460 g/mol. The molecule has 1 N–H and O–H groups in total. The second kappa shape index (κ2) is 11.3. The molecule has 1 fully saturated rings. The highest BCUT2D eigenvalue weighted by Crippen LogP contribution is 2.18. The van der Waals surface area contributed by atoms with Crippen LogP contribution in [0.2, 0.25) is 0 Å². The monoisotopic (exact) mass is 494 g/mol. The van der Waals surface area contributed by atoms with Crippen LogP contribution in [0, 0.1) is 4.77 Å². The number of piperazine rings is 1. The molecular formula is C27H34N4O3S. The van der Waals surface area contributed by atoms with Crippen molar-refractivity contribution in [1.29, 1.82) is 0 Å². The SMILES string of the molecule is COCCCn1c(=S)[nH]c2cc(C(=O)N3CCN(Cc4ccc(C(C)C)cc4)CC3)ccc2c1=O. The van der Waals surface area contributed by atoms with E-state index in [0.717, 1.165) is 19.6 Å². The van der Waals surface area contributed by atoms with E-state index in [1.807, 2.05) is 4.90 Å². The van der Waals surface area contributed by atoms with Crippen molar-refractivity contribution >= 4 is 29.0 Å². The molecule has 0 saturated carbocycles. The van der Waals surface area contributed by atoms with Crippen molar-refractivity contribution in [1.82, 2.24) is 19.4 Å². The Kier molecular flexibility index (Phi) is 8.15. The van der Waals surface area contributed by atoms with Gasteiger partial charge in [0.25, 0.3) is 11.5 Å². The zero-order valence-electron chi connectivity index (χ0n) is 20.8. The van der Waals surface area contributed by atoms with Crippen LogP contribution in [-0.2, 0) is 17.8 Å². The van der Waals surface area contributed by atoms with Crippen LogP contribution in [0.4, 0.5) is 0 Å². The first kappa shape index (κ1) is 25.3. The maximum absolute atomic E-state index is 13.2. The average molecular weight is 495 g/mol. The van der Waals surface area contributed by atoms with Crippen molar-refractivity contribution in [3.8, 4) is 0 Å². The molecule has 35 heavy (non-hydrogen) atoms. The molecule has 2 heterocycles. The number of hydrogen-bond donors (Lipinski definition) is 1. The zero-order chi connectivity index (χ0) is 24.9. The number of nitrogens with zero attached hydrogens (tertiary/aromatic N) is 3. The van der Waals surface area contributed by atoms with Crippen LogP contribution in [-0.4, -0.2) is 65.2 Å². The molecule has 0 bridgehead atoms. The van der Waals surface area contributed by atoms with Gasteiger partial charge in [0, 0.05) is 58.5 Å². The van der Waals surface area contributed by atoms with Gasteiger partial charge in [-0.05, 0) is 53.9 Å². The molecule has 2 aromatic carbocycles. The lowest BCUT2D eigenvalue weighted by molar-refractivity contribution is 0.0628. The quantitative estimate of drug-likeness (QED) is 0.376. The van der Waals surface area contributed by atoms with E-state index in [9.17, 15) is 9.59 Å². The molecule has 8 heteroatoms. The van der Waals surface area contributed by atoms with Crippen LogP contribution in [0.5, 0.6) is 0 Å². The molecule has 1 amide bonds. The Balaban J connectivity index is 1.41. The van der Waals surface area contributed by atoms with Crippen molar-refractivity contribution in [3.05, 3.63) is 74.3 Å². The van der Waals surface area contributed by atoms with E-state index >= 15 is 0 Å². The number of hydrogen-bond acceptors (Lipinski definition) is 5. The van der Waals surface area contributed by atoms with Gasteiger partial charge in [-0.25, -0.2) is 0 Å². The van der Waals surface area contributed by atoms with E-state index in [0.29, 0.717) is 59.8 Å². The van der Waals surface area contributed by atoms with Crippen LogP contribution >= 0.6 is 12.2 Å². The van der Waals surface area contributed by atoms with Crippen molar-refractivity contribution in [2.75, 3.05) is 39.9 Å². The number of benzene rings is 2. The molecule has 0 radical (unpaired) electrons. The van der Waals surface area contributed by atoms with E-state index in [-0.39, 0.29) is 11.5 Å². The lowest BCUT2D eigenvalue weighted by atomic mass is 10.0. The first-order chi connectivity index (χ1) is 16.9. The third-order valence-electron chi connectivity index (χ3n) is 6.67. The summed E-state index contributed by atoms with van der Waals surface area (Å²) in [5.74, 6) is 0.516.